The van der Waals surface area contributed by atoms with E-state index in [4.69, 9.17) is 16.6 Å². The average molecular weight is 390 g/mol. The molecule has 0 saturated carbocycles. The SMILES string of the molecule is [CH3][Sn]1([CH3])[O][C@@H]2[C@H]([O]1)[C@H](CO)O[C@H]2n1ccc(N)nc1=O. The molecule has 8 nitrogen and oxygen atoms in total. The van der Waals surface area contributed by atoms with E-state index in [1.165, 1.54) is 16.8 Å². The fourth-order valence-corrected chi connectivity index (χ4v) is 8.08. The topological polar surface area (TPSA) is 109 Å². The molecule has 9 heteroatoms. The van der Waals surface area contributed by atoms with Gasteiger partial charge in [-0.15, -0.1) is 0 Å². The van der Waals surface area contributed by atoms with Crippen molar-refractivity contribution in [1.82, 2.24) is 9.55 Å². The number of ether oxygens (including phenoxy) is 1. The van der Waals surface area contributed by atoms with Gasteiger partial charge in [-0.1, -0.05) is 0 Å². The van der Waals surface area contributed by atoms with Gasteiger partial charge < -0.3 is 0 Å². The normalized spacial score (nSPS) is 35.1. The van der Waals surface area contributed by atoms with E-state index >= 15 is 0 Å². The van der Waals surface area contributed by atoms with Crippen LogP contribution in [-0.4, -0.2) is 58.8 Å². The summed E-state index contributed by atoms with van der Waals surface area (Å²) in [7, 11) is 0. The fourth-order valence-electron chi connectivity index (χ4n) is 2.65. The summed E-state index contributed by atoms with van der Waals surface area (Å²) < 4.78 is 19.0. The summed E-state index contributed by atoms with van der Waals surface area (Å²) in [5.41, 5.74) is 4.97. The van der Waals surface area contributed by atoms with Crippen LogP contribution in [-0.2, 0) is 10.9 Å². The molecular formula is C11H17N3O5Sn. The molecule has 0 bridgehead atoms. The third-order valence-electron chi connectivity index (χ3n) is 3.43. The van der Waals surface area contributed by atoms with E-state index in [1.54, 1.807) is 0 Å². The third kappa shape index (κ3) is 2.35. The summed E-state index contributed by atoms with van der Waals surface area (Å²) in [4.78, 5) is 19.6. The van der Waals surface area contributed by atoms with Gasteiger partial charge in [-0.05, 0) is 0 Å². The molecule has 0 unspecified atom stereocenters. The number of aliphatic hydroxyl groups excluding tert-OH is 1. The van der Waals surface area contributed by atoms with Crippen LogP contribution in [0.4, 0.5) is 5.82 Å². The molecule has 1 aromatic heterocycles. The Morgan fingerprint density at radius 2 is 2.15 bits per heavy atom. The summed E-state index contributed by atoms with van der Waals surface area (Å²) in [6.45, 7) is -0.180. The van der Waals surface area contributed by atoms with Gasteiger partial charge >= 0.3 is 120 Å². The number of nitrogens with two attached hydrogens (primary N) is 1. The van der Waals surface area contributed by atoms with Gasteiger partial charge in [-0.25, -0.2) is 0 Å². The van der Waals surface area contributed by atoms with Gasteiger partial charge in [0.05, 0.1) is 0 Å². The monoisotopic (exact) mass is 391 g/mol. The van der Waals surface area contributed by atoms with E-state index in [0.29, 0.717) is 0 Å². The Kier molecular flexibility index (Phi) is 3.53. The van der Waals surface area contributed by atoms with Crippen molar-refractivity contribution in [2.24, 2.45) is 0 Å². The van der Waals surface area contributed by atoms with Crippen LogP contribution in [0.3, 0.4) is 0 Å². The zero-order valence-corrected chi connectivity index (χ0v) is 14.1. The first-order valence-corrected chi connectivity index (χ1v) is 14.4. The van der Waals surface area contributed by atoms with Crippen LogP contribution >= 0.6 is 0 Å². The molecule has 4 atom stereocenters. The van der Waals surface area contributed by atoms with Crippen LogP contribution in [0.5, 0.6) is 0 Å². The van der Waals surface area contributed by atoms with Crippen LogP contribution < -0.4 is 11.4 Å². The second-order valence-electron chi connectivity index (χ2n) is 5.35. The van der Waals surface area contributed by atoms with Crippen LogP contribution in [0, 0.1) is 0 Å². The Hall–Kier alpha value is -0.681. The first kappa shape index (κ1) is 14.3. The minimum absolute atomic E-state index is 0.155. The van der Waals surface area contributed by atoms with Crippen molar-refractivity contribution in [2.45, 2.75) is 34.4 Å². The number of anilines is 1. The second-order valence-corrected chi connectivity index (χ2v) is 14.7. The van der Waals surface area contributed by atoms with Gasteiger partial charge in [-0.3, -0.25) is 0 Å². The number of aromatic nitrogens is 2. The number of nitrogens with zero attached hydrogens (tertiary/aromatic N) is 2. The van der Waals surface area contributed by atoms with E-state index in [-0.39, 0.29) is 24.6 Å². The molecule has 2 aliphatic heterocycles. The standard InChI is InChI=1S/C9H11N3O5.2CH3.Sn/c10-5-1-2-12(9(16)11-5)8-7(15)6(14)4(3-13)17-8;;;/h1-2,4,6-8,13H,3H2,(H2,10,11,16);2*1H3;/q-2;;;+2/t4-,6+,7+,8+;;;/m0.../s1. The number of nitrogen functional groups attached to an aromatic ring is 1. The van der Waals surface area contributed by atoms with E-state index in [0.717, 1.165) is 0 Å². The molecule has 0 aliphatic carbocycles. The van der Waals surface area contributed by atoms with Crippen LogP contribution in [0.15, 0.2) is 17.1 Å². The molecule has 3 rings (SSSR count). The van der Waals surface area contributed by atoms with Crippen molar-refractivity contribution in [3.05, 3.63) is 22.7 Å². The van der Waals surface area contributed by atoms with E-state index < -0.39 is 37.2 Å². The minimum atomic E-state index is -3.00. The first-order valence-electron chi connectivity index (χ1n) is 6.38. The predicted molar refractivity (Wildman–Crippen MR) is 71.1 cm³/mol. The zero-order valence-electron chi connectivity index (χ0n) is 11.2. The Morgan fingerprint density at radius 3 is 2.80 bits per heavy atom. The quantitative estimate of drug-likeness (QED) is 0.637. The maximum absolute atomic E-state index is 11.9. The van der Waals surface area contributed by atoms with Crippen molar-refractivity contribution in [3.63, 3.8) is 0 Å². The molecule has 1 aromatic rings. The summed E-state index contributed by atoms with van der Waals surface area (Å²) in [5, 5.41) is 9.40. The van der Waals surface area contributed by atoms with E-state index in [1.807, 2.05) is 9.88 Å². The first-order chi connectivity index (χ1) is 9.41. The van der Waals surface area contributed by atoms with Gasteiger partial charge in [0, 0.05) is 0 Å². The maximum atomic E-state index is 11.9. The van der Waals surface area contributed by atoms with Gasteiger partial charge in [0.1, 0.15) is 0 Å². The Morgan fingerprint density at radius 1 is 1.45 bits per heavy atom. The van der Waals surface area contributed by atoms with Gasteiger partial charge in [0.2, 0.25) is 0 Å². The van der Waals surface area contributed by atoms with Crippen LogP contribution in [0.2, 0.25) is 9.88 Å². The Balaban J connectivity index is 1.96. The van der Waals surface area contributed by atoms with Crippen LogP contribution in [0.25, 0.3) is 0 Å². The van der Waals surface area contributed by atoms with Crippen molar-refractivity contribution < 1.29 is 16.0 Å². The number of rotatable bonds is 2. The van der Waals surface area contributed by atoms with Crippen LogP contribution in [0.1, 0.15) is 6.23 Å². The molecule has 0 amide bonds. The van der Waals surface area contributed by atoms with E-state index in [9.17, 15) is 9.90 Å². The van der Waals surface area contributed by atoms with Gasteiger partial charge in [-0.2, -0.15) is 0 Å². The second kappa shape index (κ2) is 4.95. The summed E-state index contributed by atoms with van der Waals surface area (Å²) in [6.07, 6.45) is -0.332. The Labute approximate surface area is 120 Å². The zero-order chi connectivity index (χ0) is 14.5. The molecule has 0 aromatic carbocycles. The van der Waals surface area contributed by atoms with Crippen molar-refractivity contribution >= 4 is 25.0 Å². The Bertz CT molecular complexity index is 577. The molecule has 2 saturated heterocycles. The van der Waals surface area contributed by atoms with Crippen molar-refractivity contribution in [3.8, 4) is 0 Å². The third-order valence-corrected chi connectivity index (χ3v) is 8.22. The molecule has 3 heterocycles. The average Bonchev–Trinajstić information content (AvgIpc) is 2.83. The predicted octanol–water partition coefficient (Wildman–Crippen LogP) is -0.799. The van der Waals surface area contributed by atoms with Gasteiger partial charge in [0.25, 0.3) is 0 Å². The number of hydrogen-bond acceptors (Lipinski definition) is 7. The fraction of sp³-hybridized carbons (Fsp3) is 0.636. The molecule has 20 heavy (non-hydrogen) atoms. The number of aliphatic hydroxyl groups is 1. The number of hydrogen-bond donors (Lipinski definition) is 2. The summed E-state index contributed by atoms with van der Waals surface area (Å²) in [6, 6.07) is 1.52. The molecular weight excluding hydrogens is 373 g/mol. The summed E-state index contributed by atoms with van der Waals surface area (Å²) >= 11 is -3.00. The van der Waals surface area contributed by atoms with Crippen molar-refractivity contribution in [2.75, 3.05) is 12.3 Å². The molecule has 0 radical (unpaired) electrons. The molecule has 0 spiro atoms. The summed E-state index contributed by atoms with van der Waals surface area (Å²) in [5.74, 6) is 0.155. The van der Waals surface area contributed by atoms with Gasteiger partial charge in [0.15, 0.2) is 0 Å². The molecule has 110 valence electrons. The molecule has 2 aliphatic rings. The molecule has 3 N–H and O–H groups in total. The van der Waals surface area contributed by atoms with Crippen molar-refractivity contribution in [1.29, 1.82) is 0 Å². The number of fused-ring (bicyclic) bond motifs is 1. The molecule has 2 fully saturated rings. The van der Waals surface area contributed by atoms with E-state index in [2.05, 4.69) is 4.98 Å².